The molecule has 7 nitrogen and oxygen atoms in total. The Morgan fingerprint density at radius 2 is 1.67 bits per heavy atom. The predicted molar refractivity (Wildman–Crippen MR) is 101 cm³/mol. The minimum atomic E-state index is -2.00. The third kappa shape index (κ3) is 7.22. The summed E-state index contributed by atoms with van der Waals surface area (Å²) >= 11 is 0. The molecule has 0 unspecified atom stereocenters. The third-order valence-electron chi connectivity index (χ3n) is 3.91. The van der Waals surface area contributed by atoms with Crippen LogP contribution < -0.4 is 5.32 Å². The lowest BCUT2D eigenvalue weighted by molar-refractivity contribution is -0.124. The van der Waals surface area contributed by atoms with E-state index < -0.39 is 13.5 Å². The van der Waals surface area contributed by atoms with Gasteiger partial charge in [-0.05, 0) is 17.7 Å². The van der Waals surface area contributed by atoms with Gasteiger partial charge >= 0.3 is 7.32 Å². The SMILES string of the molecule is CN(CCC(=O)N[C@@H](Cc1ccccc1)OB(O)O)C(=O)c1ccccc1. The number of nitrogens with zero attached hydrogens (tertiary/aromatic N) is 1. The molecule has 27 heavy (non-hydrogen) atoms. The van der Waals surface area contributed by atoms with Gasteiger partial charge in [-0.1, -0.05) is 48.5 Å². The molecule has 2 aromatic rings. The molecule has 0 aliphatic carbocycles. The second-order valence-electron chi connectivity index (χ2n) is 6.05. The first-order valence-electron chi connectivity index (χ1n) is 8.61. The van der Waals surface area contributed by atoms with Crippen LogP contribution in [0.3, 0.4) is 0 Å². The summed E-state index contributed by atoms with van der Waals surface area (Å²) in [6.07, 6.45) is -0.552. The Labute approximate surface area is 158 Å². The lowest BCUT2D eigenvalue weighted by atomic mass is 10.1. The van der Waals surface area contributed by atoms with Crippen molar-refractivity contribution in [2.24, 2.45) is 0 Å². The van der Waals surface area contributed by atoms with Crippen LogP contribution in [-0.2, 0) is 15.9 Å². The minimum absolute atomic E-state index is 0.0608. The maximum atomic E-state index is 12.3. The predicted octanol–water partition coefficient (Wildman–Crippen LogP) is 0.820. The van der Waals surface area contributed by atoms with E-state index in [0.717, 1.165) is 5.56 Å². The van der Waals surface area contributed by atoms with Crippen molar-refractivity contribution in [2.75, 3.05) is 13.6 Å². The van der Waals surface area contributed by atoms with Crippen LogP contribution in [0.5, 0.6) is 0 Å². The smallest absolute Gasteiger partial charge is 0.402 e. The molecule has 0 fully saturated rings. The van der Waals surface area contributed by atoms with E-state index in [4.69, 9.17) is 14.7 Å². The molecule has 2 amide bonds. The molecule has 0 saturated carbocycles. The molecule has 0 bridgehead atoms. The Morgan fingerprint density at radius 3 is 2.26 bits per heavy atom. The van der Waals surface area contributed by atoms with Crippen LogP contribution in [0.4, 0.5) is 0 Å². The summed E-state index contributed by atoms with van der Waals surface area (Å²) in [5, 5.41) is 20.7. The number of carbonyl (C=O) groups excluding carboxylic acids is 2. The highest BCUT2D eigenvalue weighted by molar-refractivity contribution is 6.32. The van der Waals surface area contributed by atoms with Crippen LogP contribution in [0.2, 0.25) is 0 Å². The monoisotopic (exact) mass is 370 g/mol. The Balaban J connectivity index is 1.86. The average molecular weight is 370 g/mol. The zero-order chi connectivity index (χ0) is 19.6. The number of nitrogens with one attached hydrogen (secondary N) is 1. The average Bonchev–Trinajstić information content (AvgIpc) is 2.66. The van der Waals surface area contributed by atoms with Gasteiger partial charge in [0.25, 0.3) is 5.91 Å². The molecule has 0 saturated heterocycles. The second-order valence-corrected chi connectivity index (χ2v) is 6.05. The van der Waals surface area contributed by atoms with E-state index in [9.17, 15) is 9.59 Å². The number of hydrogen-bond donors (Lipinski definition) is 3. The first-order chi connectivity index (χ1) is 13.0. The Hall–Kier alpha value is -2.68. The normalized spacial score (nSPS) is 11.5. The fourth-order valence-electron chi connectivity index (χ4n) is 2.53. The maximum absolute atomic E-state index is 12.3. The van der Waals surface area contributed by atoms with Gasteiger partial charge in [0.1, 0.15) is 6.23 Å². The first-order valence-corrected chi connectivity index (χ1v) is 8.61. The van der Waals surface area contributed by atoms with Gasteiger partial charge in [0.15, 0.2) is 0 Å². The summed E-state index contributed by atoms with van der Waals surface area (Å²) in [6, 6.07) is 18.0. The first kappa shape index (κ1) is 20.6. The minimum Gasteiger partial charge on any atom is -0.402 e. The summed E-state index contributed by atoms with van der Waals surface area (Å²) in [6.45, 7) is 0.222. The van der Waals surface area contributed by atoms with Crippen LogP contribution in [0.25, 0.3) is 0 Å². The molecule has 3 N–H and O–H groups in total. The van der Waals surface area contributed by atoms with Crippen LogP contribution in [0.1, 0.15) is 22.3 Å². The van der Waals surface area contributed by atoms with E-state index in [2.05, 4.69) is 5.32 Å². The summed E-state index contributed by atoms with van der Waals surface area (Å²) < 4.78 is 4.95. The van der Waals surface area contributed by atoms with Crippen LogP contribution in [0.15, 0.2) is 60.7 Å². The van der Waals surface area contributed by atoms with Crippen molar-refractivity contribution >= 4 is 19.1 Å². The van der Waals surface area contributed by atoms with Gasteiger partial charge < -0.3 is 24.9 Å². The van der Waals surface area contributed by atoms with Crippen molar-refractivity contribution in [1.29, 1.82) is 0 Å². The van der Waals surface area contributed by atoms with Gasteiger partial charge in [-0.3, -0.25) is 9.59 Å². The van der Waals surface area contributed by atoms with Gasteiger partial charge in [0, 0.05) is 32.0 Å². The molecule has 0 spiro atoms. The maximum Gasteiger partial charge on any atom is 0.635 e. The molecule has 0 aliphatic heterocycles. The van der Waals surface area contributed by atoms with E-state index in [1.165, 1.54) is 4.90 Å². The molecule has 0 aliphatic rings. The molecule has 0 radical (unpaired) electrons. The van der Waals surface area contributed by atoms with Gasteiger partial charge in [-0.2, -0.15) is 0 Å². The van der Waals surface area contributed by atoms with E-state index in [0.29, 0.717) is 5.56 Å². The largest absolute Gasteiger partial charge is 0.635 e. The zero-order valence-electron chi connectivity index (χ0n) is 15.1. The number of hydrogen-bond acceptors (Lipinski definition) is 5. The lowest BCUT2D eigenvalue weighted by Gasteiger charge is -2.21. The van der Waals surface area contributed by atoms with Gasteiger partial charge in [-0.25, -0.2) is 0 Å². The Bertz CT molecular complexity index is 727. The molecule has 142 valence electrons. The fraction of sp³-hybridized carbons (Fsp3) is 0.263. The molecule has 2 rings (SSSR count). The van der Waals surface area contributed by atoms with Gasteiger partial charge in [-0.15, -0.1) is 0 Å². The molecule has 8 heteroatoms. The van der Waals surface area contributed by atoms with E-state index in [1.807, 2.05) is 36.4 Å². The van der Waals surface area contributed by atoms with Crippen LogP contribution in [-0.4, -0.2) is 53.9 Å². The van der Waals surface area contributed by atoms with Crippen molar-refractivity contribution in [3.63, 3.8) is 0 Å². The lowest BCUT2D eigenvalue weighted by Crippen LogP contribution is -2.43. The van der Waals surface area contributed by atoms with E-state index in [1.54, 1.807) is 31.3 Å². The highest BCUT2D eigenvalue weighted by atomic mass is 16.6. The highest BCUT2D eigenvalue weighted by Gasteiger charge is 2.21. The van der Waals surface area contributed by atoms with E-state index in [-0.39, 0.29) is 31.2 Å². The van der Waals surface area contributed by atoms with Gasteiger partial charge in [0.2, 0.25) is 5.91 Å². The summed E-state index contributed by atoms with van der Waals surface area (Å²) in [5.41, 5.74) is 1.42. The molecular weight excluding hydrogens is 347 g/mol. The standard InChI is InChI=1S/C19H23BN2O5/c1-22(19(24)16-10-6-3-7-11-16)13-12-17(23)21-18(27-20(25)26)14-15-8-4-2-5-9-15/h2-11,18,25-26H,12-14H2,1H3,(H,21,23)/t18-/m1/s1. The quantitative estimate of drug-likeness (QED) is 0.448. The fourth-order valence-corrected chi connectivity index (χ4v) is 2.53. The molecule has 1 atom stereocenters. The van der Waals surface area contributed by atoms with Crippen molar-refractivity contribution in [1.82, 2.24) is 10.2 Å². The topological polar surface area (TPSA) is 99.1 Å². The third-order valence-corrected chi connectivity index (χ3v) is 3.91. The van der Waals surface area contributed by atoms with E-state index >= 15 is 0 Å². The summed E-state index contributed by atoms with van der Waals surface area (Å²) in [4.78, 5) is 25.9. The Morgan fingerprint density at radius 1 is 1.07 bits per heavy atom. The summed E-state index contributed by atoms with van der Waals surface area (Å²) in [7, 11) is -0.376. The molecule has 0 heterocycles. The van der Waals surface area contributed by atoms with Crippen molar-refractivity contribution in [3.05, 3.63) is 71.8 Å². The number of rotatable bonds is 9. The number of benzene rings is 2. The van der Waals surface area contributed by atoms with Crippen molar-refractivity contribution in [3.8, 4) is 0 Å². The Kier molecular flexibility index (Phi) is 8.00. The van der Waals surface area contributed by atoms with Crippen LogP contribution >= 0.6 is 0 Å². The molecular formula is C19H23BN2O5. The van der Waals surface area contributed by atoms with Crippen molar-refractivity contribution in [2.45, 2.75) is 19.1 Å². The van der Waals surface area contributed by atoms with Crippen LogP contribution in [0, 0.1) is 0 Å². The van der Waals surface area contributed by atoms with Gasteiger partial charge in [0.05, 0.1) is 0 Å². The molecule has 0 aromatic heterocycles. The number of amides is 2. The summed E-state index contributed by atoms with van der Waals surface area (Å²) in [5.74, 6) is -0.532. The second kappa shape index (κ2) is 10.5. The number of carbonyl (C=O) groups is 2. The van der Waals surface area contributed by atoms with Crippen molar-refractivity contribution < 1.29 is 24.3 Å². The zero-order valence-corrected chi connectivity index (χ0v) is 15.1. The molecule has 2 aromatic carbocycles. The highest BCUT2D eigenvalue weighted by Crippen LogP contribution is 2.06.